The van der Waals surface area contributed by atoms with Crippen molar-refractivity contribution in [1.82, 2.24) is 9.88 Å². The Hall–Kier alpha value is -2.40. The quantitative estimate of drug-likeness (QED) is 0.683. The second-order valence-corrected chi connectivity index (χ2v) is 6.79. The highest BCUT2D eigenvalue weighted by Crippen LogP contribution is 2.22. The van der Waals surface area contributed by atoms with Gasteiger partial charge < -0.3 is 9.64 Å². The molecule has 0 aliphatic heterocycles. The van der Waals surface area contributed by atoms with Crippen molar-refractivity contribution in [3.05, 3.63) is 59.1 Å². The number of aryl methyl sites for hydroxylation is 1. The zero-order valence-corrected chi connectivity index (χ0v) is 14.7. The maximum atomic E-state index is 12.4. The lowest BCUT2D eigenvalue weighted by atomic mass is 10.1. The van der Waals surface area contributed by atoms with Crippen LogP contribution < -0.4 is 4.74 Å². The fourth-order valence-electron chi connectivity index (χ4n) is 2.55. The number of rotatable bonds is 6. The Morgan fingerprint density at radius 2 is 2.04 bits per heavy atom. The molecule has 24 heavy (non-hydrogen) atoms. The van der Waals surface area contributed by atoms with Gasteiger partial charge in [-0.25, -0.2) is 4.98 Å². The van der Waals surface area contributed by atoms with Gasteiger partial charge in [-0.1, -0.05) is 24.3 Å². The Labute approximate surface area is 145 Å². The number of thiazole rings is 1. The monoisotopic (exact) mass is 340 g/mol. The molecule has 0 fully saturated rings. The van der Waals surface area contributed by atoms with Crippen LogP contribution in [0.15, 0.2) is 48.5 Å². The molecule has 3 rings (SSSR count). The molecule has 2 aromatic carbocycles. The van der Waals surface area contributed by atoms with Gasteiger partial charge in [-0.15, -0.1) is 11.3 Å². The number of fused-ring (bicyclic) bond motifs is 1. The number of nitrogens with zero attached hydrogens (tertiary/aromatic N) is 2. The highest BCUT2D eigenvalue weighted by atomic mass is 32.1. The average molecular weight is 340 g/mol. The predicted molar refractivity (Wildman–Crippen MR) is 97.4 cm³/mol. The predicted octanol–water partition coefficient (Wildman–Crippen LogP) is 3.90. The molecule has 0 saturated carbocycles. The molecular formula is C19H20N2O2S. The van der Waals surface area contributed by atoms with Crippen LogP contribution in [0.4, 0.5) is 0 Å². The number of hydrogen-bond donors (Lipinski definition) is 0. The van der Waals surface area contributed by atoms with Crippen molar-refractivity contribution >= 4 is 27.5 Å². The average Bonchev–Trinajstić information content (AvgIpc) is 3.02. The fraction of sp³-hybridized carbons (Fsp3) is 0.263. The molecule has 0 atom stereocenters. The maximum absolute atomic E-state index is 12.4. The molecule has 5 heteroatoms. The summed E-state index contributed by atoms with van der Waals surface area (Å²) in [6, 6.07) is 15.9. The molecule has 0 unspecified atom stereocenters. The SMILES string of the molecule is COc1cccc(CCC(=O)N(C)Cc2nc3ccccc3s2)c1. The number of methoxy groups -OCH3 is 1. The first-order valence-electron chi connectivity index (χ1n) is 7.87. The van der Waals surface area contributed by atoms with Gasteiger partial charge in [0, 0.05) is 13.5 Å². The molecular weight excluding hydrogens is 320 g/mol. The molecule has 0 spiro atoms. The third-order valence-electron chi connectivity index (χ3n) is 3.90. The Kier molecular flexibility index (Phi) is 5.11. The Bertz CT molecular complexity index is 811. The van der Waals surface area contributed by atoms with Crippen LogP contribution >= 0.6 is 11.3 Å². The summed E-state index contributed by atoms with van der Waals surface area (Å²) in [4.78, 5) is 18.7. The first-order chi connectivity index (χ1) is 11.7. The van der Waals surface area contributed by atoms with Gasteiger partial charge in [0.1, 0.15) is 10.8 Å². The summed E-state index contributed by atoms with van der Waals surface area (Å²) < 4.78 is 6.37. The van der Waals surface area contributed by atoms with Crippen molar-refractivity contribution in [1.29, 1.82) is 0 Å². The molecule has 124 valence electrons. The van der Waals surface area contributed by atoms with Crippen molar-refractivity contribution in [3.8, 4) is 5.75 Å². The van der Waals surface area contributed by atoms with E-state index in [-0.39, 0.29) is 5.91 Å². The molecule has 0 bridgehead atoms. The minimum atomic E-state index is 0.122. The van der Waals surface area contributed by atoms with Crippen LogP contribution in [0.25, 0.3) is 10.2 Å². The third-order valence-corrected chi connectivity index (χ3v) is 4.92. The van der Waals surface area contributed by atoms with Gasteiger partial charge in [0.2, 0.25) is 5.91 Å². The van der Waals surface area contributed by atoms with Crippen molar-refractivity contribution in [2.45, 2.75) is 19.4 Å². The number of benzene rings is 2. The van der Waals surface area contributed by atoms with Crippen LogP contribution in [-0.4, -0.2) is 29.9 Å². The number of hydrogen-bond acceptors (Lipinski definition) is 4. The molecule has 1 heterocycles. The van der Waals surface area contributed by atoms with E-state index < -0.39 is 0 Å². The number of aromatic nitrogens is 1. The van der Waals surface area contributed by atoms with Gasteiger partial charge in [0.05, 0.1) is 23.9 Å². The van der Waals surface area contributed by atoms with E-state index in [1.165, 1.54) is 0 Å². The zero-order valence-electron chi connectivity index (χ0n) is 13.9. The van der Waals surface area contributed by atoms with E-state index in [1.54, 1.807) is 23.3 Å². The lowest BCUT2D eigenvalue weighted by Gasteiger charge is -2.15. The summed E-state index contributed by atoms with van der Waals surface area (Å²) in [5.74, 6) is 0.944. The molecule has 0 aliphatic rings. The standard InChI is InChI=1S/C19H20N2O2S/c1-21(13-18-20-16-8-3-4-9-17(16)24-18)19(22)11-10-14-6-5-7-15(12-14)23-2/h3-9,12H,10-11,13H2,1-2H3. The number of amides is 1. The molecule has 1 amide bonds. The van der Waals surface area contributed by atoms with Gasteiger partial charge in [0.15, 0.2) is 0 Å². The van der Waals surface area contributed by atoms with Gasteiger partial charge in [-0.3, -0.25) is 4.79 Å². The van der Waals surface area contributed by atoms with E-state index in [1.807, 2.05) is 49.5 Å². The molecule has 0 saturated heterocycles. The lowest BCUT2D eigenvalue weighted by Crippen LogP contribution is -2.26. The minimum Gasteiger partial charge on any atom is -0.497 e. The van der Waals surface area contributed by atoms with E-state index in [4.69, 9.17) is 4.74 Å². The number of ether oxygens (including phenoxy) is 1. The van der Waals surface area contributed by atoms with Crippen molar-refractivity contribution in [2.75, 3.05) is 14.2 Å². The summed E-state index contributed by atoms with van der Waals surface area (Å²) >= 11 is 1.64. The number of carbonyl (C=O) groups is 1. The zero-order chi connectivity index (χ0) is 16.9. The number of para-hydroxylation sites is 1. The van der Waals surface area contributed by atoms with E-state index >= 15 is 0 Å². The van der Waals surface area contributed by atoms with Gasteiger partial charge in [-0.05, 0) is 36.2 Å². The van der Waals surface area contributed by atoms with Gasteiger partial charge in [-0.2, -0.15) is 0 Å². The van der Waals surface area contributed by atoms with Gasteiger partial charge in [0.25, 0.3) is 0 Å². The highest BCUT2D eigenvalue weighted by molar-refractivity contribution is 7.18. The van der Waals surface area contributed by atoms with E-state index in [0.29, 0.717) is 19.4 Å². The molecule has 0 aliphatic carbocycles. The van der Waals surface area contributed by atoms with Crippen molar-refractivity contribution < 1.29 is 9.53 Å². The van der Waals surface area contributed by atoms with E-state index in [0.717, 1.165) is 26.5 Å². The van der Waals surface area contributed by atoms with Gasteiger partial charge >= 0.3 is 0 Å². The topological polar surface area (TPSA) is 42.4 Å². The second kappa shape index (κ2) is 7.45. The van der Waals surface area contributed by atoms with Crippen molar-refractivity contribution in [3.63, 3.8) is 0 Å². The first-order valence-corrected chi connectivity index (χ1v) is 8.68. The Morgan fingerprint density at radius 1 is 1.21 bits per heavy atom. The van der Waals surface area contributed by atoms with Crippen LogP contribution in [-0.2, 0) is 17.8 Å². The minimum absolute atomic E-state index is 0.122. The van der Waals surface area contributed by atoms with Crippen LogP contribution in [0.1, 0.15) is 17.0 Å². The molecule has 1 aromatic heterocycles. The smallest absolute Gasteiger partial charge is 0.223 e. The normalized spacial score (nSPS) is 10.8. The largest absolute Gasteiger partial charge is 0.497 e. The summed E-state index contributed by atoms with van der Waals surface area (Å²) in [6.45, 7) is 0.552. The first kappa shape index (κ1) is 16.5. The van der Waals surface area contributed by atoms with Crippen LogP contribution in [0.2, 0.25) is 0 Å². The Morgan fingerprint density at radius 3 is 2.83 bits per heavy atom. The van der Waals surface area contributed by atoms with E-state index in [9.17, 15) is 4.79 Å². The van der Waals surface area contributed by atoms with Crippen LogP contribution in [0, 0.1) is 0 Å². The summed E-state index contributed by atoms with van der Waals surface area (Å²) in [7, 11) is 3.48. The summed E-state index contributed by atoms with van der Waals surface area (Å²) in [5, 5.41) is 0.966. The molecule has 4 nitrogen and oxygen atoms in total. The third kappa shape index (κ3) is 3.92. The second-order valence-electron chi connectivity index (χ2n) is 5.68. The van der Waals surface area contributed by atoms with E-state index in [2.05, 4.69) is 11.1 Å². The van der Waals surface area contributed by atoms with Crippen molar-refractivity contribution in [2.24, 2.45) is 0 Å². The molecule has 3 aromatic rings. The fourth-order valence-corrected chi connectivity index (χ4v) is 3.57. The number of carbonyl (C=O) groups excluding carboxylic acids is 1. The molecule has 0 radical (unpaired) electrons. The highest BCUT2D eigenvalue weighted by Gasteiger charge is 2.12. The summed E-state index contributed by atoms with van der Waals surface area (Å²) in [5.41, 5.74) is 2.10. The molecule has 0 N–H and O–H groups in total. The lowest BCUT2D eigenvalue weighted by molar-refractivity contribution is -0.130. The summed E-state index contributed by atoms with van der Waals surface area (Å²) in [6.07, 6.45) is 1.19. The van der Waals surface area contributed by atoms with Crippen LogP contribution in [0.3, 0.4) is 0 Å². The Balaban J connectivity index is 1.58. The van der Waals surface area contributed by atoms with Crippen LogP contribution in [0.5, 0.6) is 5.75 Å². The maximum Gasteiger partial charge on any atom is 0.223 e.